The molecule has 26 heavy (non-hydrogen) atoms. The number of anilines is 1. The zero-order valence-corrected chi connectivity index (χ0v) is 14.7. The maximum absolute atomic E-state index is 12.2. The van der Waals surface area contributed by atoms with Crippen molar-refractivity contribution in [2.75, 3.05) is 24.7 Å². The second kappa shape index (κ2) is 8.10. The van der Waals surface area contributed by atoms with E-state index in [1.165, 1.54) is 12.1 Å². The molecule has 136 valence electrons. The van der Waals surface area contributed by atoms with E-state index in [-0.39, 0.29) is 18.1 Å². The molecule has 1 amide bonds. The Balaban J connectivity index is 1.56. The maximum atomic E-state index is 12.2. The summed E-state index contributed by atoms with van der Waals surface area (Å²) in [6.45, 7) is 0.950. The van der Waals surface area contributed by atoms with Crippen molar-refractivity contribution in [2.45, 2.75) is 12.8 Å². The first-order valence-electron chi connectivity index (χ1n) is 8.23. The van der Waals surface area contributed by atoms with E-state index in [1.807, 2.05) is 0 Å². The number of fused-ring (bicyclic) bond motifs is 1. The van der Waals surface area contributed by atoms with E-state index in [0.29, 0.717) is 29.6 Å². The van der Waals surface area contributed by atoms with Crippen molar-refractivity contribution < 1.29 is 24.2 Å². The van der Waals surface area contributed by atoms with Crippen molar-refractivity contribution in [1.29, 1.82) is 0 Å². The number of amides is 1. The number of carbonyl (C=O) groups excluding carboxylic acids is 1. The van der Waals surface area contributed by atoms with E-state index < -0.39 is 5.97 Å². The van der Waals surface area contributed by atoms with Crippen molar-refractivity contribution in [1.82, 2.24) is 0 Å². The van der Waals surface area contributed by atoms with Gasteiger partial charge in [-0.15, -0.1) is 0 Å². The lowest BCUT2D eigenvalue weighted by Gasteiger charge is -2.29. The molecule has 0 aliphatic carbocycles. The number of nitrogens with zero attached hydrogens (tertiary/aromatic N) is 1. The molecule has 1 aliphatic rings. The molecule has 7 heteroatoms. The molecule has 0 saturated carbocycles. The van der Waals surface area contributed by atoms with E-state index in [1.54, 1.807) is 35.2 Å². The van der Waals surface area contributed by atoms with Crippen LogP contribution in [0.2, 0.25) is 5.02 Å². The highest BCUT2D eigenvalue weighted by atomic mass is 35.5. The summed E-state index contributed by atoms with van der Waals surface area (Å²) in [5.74, 6) is 0.0427. The Morgan fingerprint density at radius 1 is 1.19 bits per heavy atom. The summed E-state index contributed by atoms with van der Waals surface area (Å²) < 4.78 is 11.0. The molecule has 0 bridgehead atoms. The molecule has 0 aromatic heterocycles. The largest absolute Gasteiger partial charge is 0.494 e. The van der Waals surface area contributed by atoms with Crippen LogP contribution in [0.25, 0.3) is 0 Å². The fraction of sp³-hybridized carbons (Fsp3) is 0.263. The van der Waals surface area contributed by atoms with Gasteiger partial charge in [0.25, 0.3) is 5.91 Å². The number of ether oxygens (including phenoxy) is 2. The number of aromatic carboxylic acids is 1. The Labute approximate surface area is 155 Å². The number of carbonyl (C=O) groups is 2. The van der Waals surface area contributed by atoms with Crippen LogP contribution in [0.15, 0.2) is 42.5 Å². The van der Waals surface area contributed by atoms with Gasteiger partial charge in [-0.05, 0) is 55.3 Å². The molecular weight excluding hydrogens is 358 g/mol. The van der Waals surface area contributed by atoms with E-state index in [4.69, 9.17) is 26.2 Å². The van der Waals surface area contributed by atoms with E-state index in [9.17, 15) is 9.59 Å². The predicted molar refractivity (Wildman–Crippen MR) is 97.4 cm³/mol. The molecule has 0 saturated heterocycles. The normalized spacial score (nSPS) is 13.1. The van der Waals surface area contributed by atoms with Crippen molar-refractivity contribution in [3.63, 3.8) is 0 Å². The topological polar surface area (TPSA) is 76.1 Å². The Morgan fingerprint density at radius 3 is 2.69 bits per heavy atom. The minimum absolute atomic E-state index is 0.0410. The second-order valence-electron chi connectivity index (χ2n) is 5.83. The molecule has 2 aromatic rings. The van der Waals surface area contributed by atoms with Crippen molar-refractivity contribution in [3.8, 4) is 11.5 Å². The molecule has 0 unspecified atom stereocenters. The van der Waals surface area contributed by atoms with Gasteiger partial charge >= 0.3 is 5.97 Å². The van der Waals surface area contributed by atoms with Crippen LogP contribution in [-0.2, 0) is 4.79 Å². The first kappa shape index (κ1) is 18.1. The van der Waals surface area contributed by atoms with E-state index >= 15 is 0 Å². The van der Waals surface area contributed by atoms with Crippen LogP contribution in [0.1, 0.15) is 23.2 Å². The lowest BCUT2D eigenvalue weighted by Crippen LogP contribution is -2.39. The summed E-state index contributed by atoms with van der Waals surface area (Å²) in [4.78, 5) is 24.9. The SMILES string of the molecule is O=C(O)c1ccc2c(c1)N(CCCCOc1ccc(Cl)cc1)C(=O)CO2. The molecule has 3 rings (SSSR count). The minimum atomic E-state index is -1.04. The van der Waals surface area contributed by atoms with Gasteiger partial charge in [0, 0.05) is 11.6 Å². The standard InChI is InChI=1S/C19H18ClNO5/c20-14-4-6-15(7-5-14)25-10-2-1-9-21-16-11-13(19(23)24)3-8-17(16)26-12-18(21)22/h3-8,11H,1-2,9-10,12H2,(H,23,24). The molecule has 1 aliphatic heterocycles. The van der Waals surface area contributed by atoms with E-state index in [2.05, 4.69) is 0 Å². The van der Waals surface area contributed by atoms with Gasteiger partial charge < -0.3 is 19.5 Å². The highest BCUT2D eigenvalue weighted by Gasteiger charge is 2.26. The number of halogens is 1. The third-order valence-corrected chi connectivity index (χ3v) is 4.26. The summed E-state index contributed by atoms with van der Waals surface area (Å²) in [5, 5.41) is 9.80. The maximum Gasteiger partial charge on any atom is 0.335 e. The van der Waals surface area contributed by atoms with Crippen molar-refractivity contribution >= 4 is 29.2 Å². The molecule has 1 heterocycles. The number of hydrogen-bond donors (Lipinski definition) is 1. The van der Waals surface area contributed by atoms with Crippen LogP contribution in [0.5, 0.6) is 11.5 Å². The van der Waals surface area contributed by atoms with Gasteiger partial charge in [-0.3, -0.25) is 4.79 Å². The molecule has 0 spiro atoms. The van der Waals surface area contributed by atoms with Crippen LogP contribution >= 0.6 is 11.6 Å². The number of benzene rings is 2. The van der Waals surface area contributed by atoms with Crippen LogP contribution in [0, 0.1) is 0 Å². The molecular formula is C19H18ClNO5. The second-order valence-corrected chi connectivity index (χ2v) is 6.27. The Bertz CT molecular complexity index is 806. The fourth-order valence-corrected chi connectivity index (χ4v) is 2.80. The molecule has 2 aromatic carbocycles. The smallest absolute Gasteiger partial charge is 0.335 e. The third kappa shape index (κ3) is 4.26. The van der Waals surface area contributed by atoms with Crippen LogP contribution in [0.4, 0.5) is 5.69 Å². The van der Waals surface area contributed by atoms with Gasteiger partial charge in [-0.1, -0.05) is 11.6 Å². The first-order valence-corrected chi connectivity index (χ1v) is 8.61. The molecule has 0 fully saturated rings. The van der Waals surface area contributed by atoms with Gasteiger partial charge in [0.15, 0.2) is 6.61 Å². The van der Waals surface area contributed by atoms with Crippen molar-refractivity contribution in [3.05, 3.63) is 53.1 Å². The number of hydrogen-bond acceptors (Lipinski definition) is 4. The number of unbranched alkanes of at least 4 members (excludes halogenated alkanes) is 1. The van der Waals surface area contributed by atoms with Gasteiger partial charge in [0.2, 0.25) is 0 Å². The van der Waals surface area contributed by atoms with E-state index in [0.717, 1.165) is 18.6 Å². The number of carboxylic acid groups (broad SMARTS) is 1. The van der Waals surface area contributed by atoms with Gasteiger partial charge in [-0.2, -0.15) is 0 Å². The van der Waals surface area contributed by atoms with Gasteiger partial charge in [0.05, 0.1) is 17.9 Å². The predicted octanol–water partition coefficient (Wildman–Crippen LogP) is 3.62. The Kier molecular flexibility index (Phi) is 5.63. The van der Waals surface area contributed by atoms with Gasteiger partial charge in [0.1, 0.15) is 11.5 Å². The fourth-order valence-electron chi connectivity index (χ4n) is 2.67. The zero-order chi connectivity index (χ0) is 18.5. The highest BCUT2D eigenvalue weighted by Crippen LogP contribution is 2.33. The summed E-state index contributed by atoms with van der Waals surface area (Å²) in [7, 11) is 0. The van der Waals surface area contributed by atoms with Crippen LogP contribution in [0.3, 0.4) is 0 Å². The average molecular weight is 376 g/mol. The summed E-state index contributed by atoms with van der Waals surface area (Å²) in [5.41, 5.74) is 0.623. The molecule has 1 N–H and O–H groups in total. The summed E-state index contributed by atoms with van der Waals surface area (Å²) >= 11 is 5.83. The molecule has 0 radical (unpaired) electrons. The van der Waals surface area contributed by atoms with Crippen LogP contribution < -0.4 is 14.4 Å². The number of carboxylic acids is 1. The monoisotopic (exact) mass is 375 g/mol. The van der Waals surface area contributed by atoms with Crippen LogP contribution in [-0.4, -0.2) is 36.7 Å². The average Bonchev–Trinajstić information content (AvgIpc) is 2.64. The summed E-state index contributed by atoms with van der Waals surface area (Å²) in [6.07, 6.45) is 1.47. The molecule has 0 atom stereocenters. The number of rotatable bonds is 7. The summed E-state index contributed by atoms with van der Waals surface area (Å²) in [6, 6.07) is 11.7. The molecule has 6 nitrogen and oxygen atoms in total. The lowest BCUT2D eigenvalue weighted by molar-refractivity contribution is -0.121. The Morgan fingerprint density at radius 2 is 1.96 bits per heavy atom. The quantitative estimate of drug-likeness (QED) is 0.748. The zero-order valence-electron chi connectivity index (χ0n) is 14.0. The first-order chi connectivity index (χ1) is 12.5. The third-order valence-electron chi connectivity index (χ3n) is 4.01. The van der Waals surface area contributed by atoms with Crippen molar-refractivity contribution in [2.24, 2.45) is 0 Å². The Hall–Kier alpha value is -2.73. The van der Waals surface area contributed by atoms with Gasteiger partial charge in [-0.25, -0.2) is 4.79 Å². The highest BCUT2D eigenvalue weighted by molar-refractivity contribution is 6.30. The minimum Gasteiger partial charge on any atom is -0.494 e. The lowest BCUT2D eigenvalue weighted by atomic mass is 10.1.